The Hall–Kier alpha value is -0.506. The molecule has 208 valence electrons. The van der Waals surface area contributed by atoms with Crippen molar-refractivity contribution < 1.29 is 36.1 Å². The van der Waals surface area contributed by atoms with Gasteiger partial charge in [0, 0.05) is 92.5 Å². The number of ketones is 2. The van der Waals surface area contributed by atoms with Gasteiger partial charge in [-0.05, 0) is 32.2 Å². The fourth-order valence-electron chi connectivity index (χ4n) is 4.35. The molecular formula is C24H51NO8Si2. The van der Waals surface area contributed by atoms with Crippen LogP contribution in [0, 0.1) is 11.8 Å². The third-order valence-electron chi connectivity index (χ3n) is 6.98. The van der Waals surface area contributed by atoms with E-state index in [1.807, 2.05) is 0 Å². The SMILES string of the molecule is CCC(CN(CC)CC(CC)C(=O)CCC[Si](OC)(OC)OC)C(=O)CCC[Si](OC)(OC)OC. The molecule has 0 radical (unpaired) electrons. The van der Waals surface area contributed by atoms with E-state index >= 15 is 0 Å². The van der Waals surface area contributed by atoms with Crippen molar-refractivity contribution in [2.45, 2.75) is 71.4 Å². The quantitative estimate of drug-likeness (QED) is 0.180. The largest absolute Gasteiger partial charge is 0.500 e. The number of carbonyl (C=O) groups excluding carboxylic acids is 2. The van der Waals surface area contributed by atoms with Gasteiger partial charge in [-0.25, -0.2) is 0 Å². The van der Waals surface area contributed by atoms with Crippen LogP contribution in [0.2, 0.25) is 12.1 Å². The van der Waals surface area contributed by atoms with Gasteiger partial charge in [-0.15, -0.1) is 0 Å². The van der Waals surface area contributed by atoms with Gasteiger partial charge in [-0.3, -0.25) is 9.59 Å². The number of Topliss-reactive ketones (excluding diaryl/α,β-unsaturated/α-hetero) is 2. The normalized spacial score (nSPS) is 14.3. The van der Waals surface area contributed by atoms with Crippen molar-refractivity contribution in [3.05, 3.63) is 0 Å². The van der Waals surface area contributed by atoms with E-state index < -0.39 is 17.6 Å². The smallest absolute Gasteiger partial charge is 0.377 e. The van der Waals surface area contributed by atoms with Crippen LogP contribution in [0.5, 0.6) is 0 Å². The van der Waals surface area contributed by atoms with Gasteiger partial charge in [0.15, 0.2) is 0 Å². The van der Waals surface area contributed by atoms with Crippen LogP contribution in [-0.2, 0) is 36.1 Å². The monoisotopic (exact) mass is 537 g/mol. The number of carbonyl (C=O) groups is 2. The van der Waals surface area contributed by atoms with Crippen LogP contribution in [0.15, 0.2) is 0 Å². The topological polar surface area (TPSA) is 92.8 Å². The maximum Gasteiger partial charge on any atom is 0.500 e. The highest BCUT2D eigenvalue weighted by molar-refractivity contribution is 6.60. The van der Waals surface area contributed by atoms with E-state index in [1.54, 1.807) is 42.7 Å². The Kier molecular flexibility index (Phi) is 18.4. The first-order valence-corrected chi connectivity index (χ1v) is 16.6. The van der Waals surface area contributed by atoms with E-state index in [2.05, 4.69) is 25.7 Å². The van der Waals surface area contributed by atoms with E-state index in [0.29, 0.717) is 50.9 Å². The molecule has 0 fully saturated rings. The molecular weight excluding hydrogens is 486 g/mol. The Bertz CT molecular complexity index is 523. The van der Waals surface area contributed by atoms with Crippen molar-refractivity contribution in [1.82, 2.24) is 4.90 Å². The molecule has 0 N–H and O–H groups in total. The van der Waals surface area contributed by atoms with E-state index in [4.69, 9.17) is 26.6 Å². The fourth-order valence-corrected chi connectivity index (χ4v) is 7.80. The zero-order valence-electron chi connectivity index (χ0n) is 23.6. The van der Waals surface area contributed by atoms with Crippen LogP contribution in [0.1, 0.15) is 59.3 Å². The predicted molar refractivity (Wildman–Crippen MR) is 141 cm³/mol. The van der Waals surface area contributed by atoms with Gasteiger partial charge < -0.3 is 31.5 Å². The van der Waals surface area contributed by atoms with Crippen molar-refractivity contribution in [2.75, 3.05) is 62.3 Å². The molecule has 0 rings (SSSR count). The Morgan fingerprint density at radius 3 is 1.17 bits per heavy atom. The zero-order chi connectivity index (χ0) is 26.9. The van der Waals surface area contributed by atoms with E-state index in [1.165, 1.54) is 0 Å². The molecule has 0 aliphatic carbocycles. The van der Waals surface area contributed by atoms with E-state index in [9.17, 15) is 9.59 Å². The minimum atomic E-state index is -2.66. The zero-order valence-corrected chi connectivity index (χ0v) is 25.6. The summed E-state index contributed by atoms with van der Waals surface area (Å²) in [4.78, 5) is 28.2. The maximum atomic E-state index is 13.0. The van der Waals surface area contributed by atoms with Crippen molar-refractivity contribution in [3.63, 3.8) is 0 Å². The van der Waals surface area contributed by atoms with E-state index in [-0.39, 0.29) is 23.4 Å². The molecule has 0 heterocycles. The summed E-state index contributed by atoms with van der Waals surface area (Å²) in [5.41, 5.74) is 0. The Labute approximate surface area is 215 Å². The number of rotatable bonds is 23. The van der Waals surface area contributed by atoms with Gasteiger partial charge in [0.05, 0.1) is 0 Å². The molecule has 0 aromatic heterocycles. The van der Waals surface area contributed by atoms with Gasteiger partial charge in [0.2, 0.25) is 0 Å². The van der Waals surface area contributed by atoms with Crippen LogP contribution in [0.25, 0.3) is 0 Å². The summed E-state index contributed by atoms with van der Waals surface area (Å²) in [7, 11) is 4.21. The molecule has 0 bridgehead atoms. The fraction of sp³-hybridized carbons (Fsp3) is 0.917. The first-order chi connectivity index (χ1) is 16.7. The van der Waals surface area contributed by atoms with Gasteiger partial charge >= 0.3 is 17.6 Å². The molecule has 0 saturated heterocycles. The molecule has 0 amide bonds. The lowest BCUT2D eigenvalue weighted by molar-refractivity contribution is -0.124. The van der Waals surface area contributed by atoms with Gasteiger partial charge in [0.1, 0.15) is 11.6 Å². The molecule has 11 heteroatoms. The third kappa shape index (κ3) is 11.6. The Morgan fingerprint density at radius 2 is 0.943 bits per heavy atom. The molecule has 2 unspecified atom stereocenters. The second-order valence-electron chi connectivity index (χ2n) is 8.79. The van der Waals surface area contributed by atoms with Gasteiger partial charge in [-0.1, -0.05) is 20.8 Å². The Morgan fingerprint density at radius 1 is 0.629 bits per heavy atom. The first kappa shape index (κ1) is 34.5. The van der Waals surface area contributed by atoms with Crippen molar-refractivity contribution in [2.24, 2.45) is 11.8 Å². The summed E-state index contributed by atoms with van der Waals surface area (Å²) < 4.78 is 32.7. The van der Waals surface area contributed by atoms with Gasteiger partial charge in [-0.2, -0.15) is 0 Å². The summed E-state index contributed by atoms with van der Waals surface area (Å²) in [6.45, 7) is 8.32. The molecule has 9 nitrogen and oxygen atoms in total. The highest BCUT2D eigenvalue weighted by Gasteiger charge is 2.38. The second kappa shape index (κ2) is 18.7. The standard InChI is InChI=1S/C24H51NO8Si2/c1-10-21(23(26)15-13-17-34(28-4,29-5)30-6)19-25(12-3)20-22(11-2)24(27)16-14-18-35(31-7,32-8)33-9/h21-22H,10-20H2,1-9H3. The molecule has 0 spiro atoms. The lowest BCUT2D eigenvalue weighted by Gasteiger charge is -2.29. The maximum absolute atomic E-state index is 13.0. The highest BCUT2D eigenvalue weighted by atomic mass is 28.4. The molecule has 0 aliphatic rings. The molecule has 0 aromatic rings. The molecule has 0 aromatic carbocycles. The van der Waals surface area contributed by atoms with Crippen LogP contribution in [-0.4, -0.2) is 96.4 Å². The second-order valence-corrected chi connectivity index (χ2v) is 15.0. The summed E-state index contributed by atoms with van der Waals surface area (Å²) in [5.74, 6) is 0.388. The van der Waals surface area contributed by atoms with Crippen molar-refractivity contribution in [3.8, 4) is 0 Å². The lowest BCUT2D eigenvalue weighted by Crippen LogP contribution is -2.43. The van der Waals surface area contributed by atoms with Crippen LogP contribution < -0.4 is 0 Å². The minimum absolute atomic E-state index is 0.0528. The first-order valence-electron chi connectivity index (χ1n) is 12.8. The number of nitrogens with zero attached hydrogens (tertiary/aromatic N) is 1. The molecule has 0 aliphatic heterocycles. The number of hydrogen-bond donors (Lipinski definition) is 0. The summed E-state index contributed by atoms with van der Waals surface area (Å²) >= 11 is 0. The minimum Gasteiger partial charge on any atom is -0.377 e. The molecule has 2 atom stereocenters. The van der Waals surface area contributed by atoms with Crippen LogP contribution >= 0.6 is 0 Å². The molecule has 35 heavy (non-hydrogen) atoms. The number of hydrogen-bond acceptors (Lipinski definition) is 9. The predicted octanol–water partition coefficient (Wildman–Crippen LogP) is 3.82. The van der Waals surface area contributed by atoms with Crippen LogP contribution in [0.4, 0.5) is 0 Å². The third-order valence-corrected chi connectivity index (χ3v) is 12.6. The summed E-state index contributed by atoms with van der Waals surface area (Å²) in [6.07, 6.45) is 3.85. The average Bonchev–Trinajstić information content (AvgIpc) is 2.89. The van der Waals surface area contributed by atoms with Gasteiger partial charge in [0.25, 0.3) is 0 Å². The van der Waals surface area contributed by atoms with Crippen LogP contribution in [0.3, 0.4) is 0 Å². The van der Waals surface area contributed by atoms with E-state index in [0.717, 1.165) is 19.4 Å². The summed E-state index contributed by atoms with van der Waals surface area (Å²) in [5, 5.41) is 0. The Balaban J connectivity index is 4.86. The van der Waals surface area contributed by atoms with Crippen molar-refractivity contribution >= 4 is 29.2 Å². The lowest BCUT2D eigenvalue weighted by atomic mass is 9.94. The van der Waals surface area contributed by atoms with Crippen molar-refractivity contribution in [1.29, 1.82) is 0 Å². The average molecular weight is 538 g/mol. The summed E-state index contributed by atoms with van der Waals surface area (Å²) in [6, 6.07) is 1.23. The molecule has 0 saturated carbocycles. The highest BCUT2D eigenvalue weighted by Crippen LogP contribution is 2.21.